The van der Waals surface area contributed by atoms with E-state index in [1.54, 1.807) is 19.4 Å². The number of anilines is 1. The lowest BCUT2D eigenvalue weighted by Gasteiger charge is -2.12. The molecule has 1 N–H and O–H groups in total. The summed E-state index contributed by atoms with van der Waals surface area (Å²) in [5, 5.41) is 3.24. The van der Waals surface area contributed by atoms with E-state index in [9.17, 15) is 4.79 Å². The summed E-state index contributed by atoms with van der Waals surface area (Å²) in [5.41, 5.74) is 2.56. The number of rotatable bonds is 5. The average Bonchev–Trinajstić information content (AvgIpc) is 2.61. The van der Waals surface area contributed by atoms with Crippen LogP contribution in [0.15, 0.2) is 64.5 Å². The molecule has 0 fully saturated rings. The van der Waals surface area contributed by atoms with Gasteiger partial charge in [-0.3, -0.25) is 14.3 Å². The van der Waals surface area contributed by atoms with Gasteiger partial charge in [0.05, 0.1) is 5.69 Å². The van der Waals surface area contributed by atoms with Crippen LogP contribution in [0.3, 0.4) is 0 Å². The zero-order valence-electron chi connectivity index (χ0n) is 13.3. The van der Waals surface area contributed by atoms with Crippen LogP contribution in [0.1, 0.15) is 5.56 Å². The largest absolute Gasteiger partial charge is 0.355 e. The quantitative estimate of drug-likeness (QED) is 0.702. The van der Waals surface area contributed by atoms with Gasteiger partial charge < -0.3 is 5.32 Å². The SMILES string of the molecule is Cn1c(NCCc2ccccc2S)nc(-c2ccncc2)cc1=O. The molecule has 1 aromatic carbocycles. The highest BCUT2D eigenvalue weighted by atomic mass is 32.1. The minimum atomic E-state index is -0.103. The summed E-state index contributed by atoms with van der Waals surface area (Å²) in [4.78, 5) is 21.7. The molecule has 0 amide bonds. The van der Waals surface area contributed by atoms with Crippen LogP contribution >= 0.6 is 12.6 Å². The van der Waals surface area contributed by atoms with Gasteiger partial charge in [-0.25, -0.2) is 4.98 Å². The van der Waals surface area contributed by atoms with Crippen molar-refractivity contribution in [2.45, 2.75) is 11.3 Å². The maximum atomic E-state index is 12.2. The number of hydrogen-bond acceptors (Lipinski definition) is 5. The van der Waals surface area contributed by atoms with Crippen molar-refractivity contribution >= 4 is 18.6 Å². The molecule has 2 aromatic heterocycles. The summed E-state index contributed by atoms with van der Waals surface area (Å²) in [6, 6.07) is 13.2. The van der Waals surface area contributed by atoms with Crippen LogP contribution < -0.4 is 10.9 Å². The van der Waals surface area contributed by atoms with Crippen LogP contribution in [0, 0.1) is 0 Å². The molecule has 0 bridgehead atoms. The Morgan fingerprint density at radius 1 is 1.17 bits per heavy atom. The Labute approximate surface area is 145 Å². The Kier molecular flexibility index (Phi) is 4.96. The Bertz CT molecular complexity index is 893. The normalized spacial score (nSPS) is 10.6. The minimum Gasteiger partial charge on any atom is -0.355 e. The van der Waals surface area contributed by atoms with Crippen molar-refractivity contribution in [1.29, 1.82) is 0 Å². The average molecular weight is 338 g/mol. The number of thiol groups is 1. The monoisotopic (exact) mass is 338 g/mol. The number of hydrogen-bond donors (Lipinski definition) is 2. The predicted octanol–water partition coefficient (Wildman–Crippen LogP) is 2.79. The van der Waals surface area contributed by atoms with E-state index in [0.717, 1.165) is 22.4 Å². The highest BCUT2D eigenvalue weighted by molar-refractivity contribution is 7.80. The molecule has 0 aliphatic heterocycles. The van der Waals surface area contributed by atoms with E-state index in [4.69, 9.17) is 0 Å². The van der Waals surface area contributed by atoms with E-state index in [1.807, 2.05) is 36.4 Å². The van der Waals surface area contributed by atoms with Gasteiger partial charge >= 0.3 is 0 Å². The molecule has 122 valence electrons. The van der Waals surface area contributed by atoms with Crippen molar-refractivity contribution in [1.82, 2.24) is 14.5 Å². The van der Waals surface area contributed by atoms with E-state index in [-0.39, 0.29) is 5.56 Å². The van der Waals surface area contributed by atoms with Crippen LogP contribution in [-0.4, -0.2) is 21.1 Å². The summed E-state index contributed by atoms with van der Waals surface area (Å²) < 4.78 is 1.51. The first-order valence-electron chi connectivity index (χ1n) is 7.64. The summed E-state index contributed by atoms with van der Waals surface area (Å²) in [6.07, 6.45) is 4.17. The van der Waals surface area contributed by atoms with Crippen molar-refractivity contribution < 1.29 is 0 Å². The lowest BCUT2D eigenvalue weighted by atomic mass is 10.1. The number of pyridine rings is 1. The van der Waals surface area contributed by atoms with Crippen molar-refractivity contribution in [2.75, 3.05) is 11.9 Å². The molecule has 0 atom stereocenters. The molecule has 0 saturated heterocycles. The predicted molar refractivity (Wildman–Crippen MR) is 98.6 cm³/mol. The molecular weight excluding hydrogens is 320 g/mol. The van der Waals surface area contributed by atoms with Crippen LogP contribution in [0.2, 0.25) is 0 Å². The molecule has 2 heterocycles. The topological polar surface area (TPSA) is 59.8 Å². The lowest BCUT2D eigenvalue weighted by Crippen LogP contribution is -2.22. The van der Waals surface area contributed by atoms with Crippen molar-refractivity contribution in [3.8, 4) is 11.3 Å². The van der Waals surface area contributed by atoms with Gasteiger partial charge in [0.1, 0.15) is 0 Å². The Morgan fingerprint density at radius 2 is 1.92 bits per heavy atom. The van der Waals surface area contributed by atoms with Gasteiger partial charge in [-0.05, 0) is 30.2 Å². The first-order valence-corrected chi connectivity index (χ1v) is 8.09. The first-order chi connectivity index (χ1) is 11.6. The molecular formula is C18H18N4OS. The molecule has 0 unspecified atom stereocenters. The van der Waals surface area contributed by atoms with E-state index in [0.29, 0.717) is 18.2 Å². The Hall–Kier alpha value is -2.60. The second-order valence-electron chi connectivity index (χ2n) is 5.40. The number of benzene rings is 1. The number of nitrogens with one attached hydrogen (secondary N) is 1. The van der Waals surface area contributed by atoms with Crippen molar-refractivity contribution in [3.05, 3.63) is 70.8 Å². The van der Waals surface area contributed by atoms with Crippen LogP contribution in [0.5, 0.6) is 0 Å². The van der Waals surface area contributed by atoms with Crippen molar-refractivity contribution in [2.24, 2.45) is 7.05 Å². The van der Waals surface area contributed by atoms with E-state index in [2.05, 4.69) is 27.9 Å². The zero-order chi connectivity index (χ0) is 16.9. The van der Waals surface area contributed by atoms with Gasteiger partial charge in [0.2, 0.25) is 5.95 Å². The summed E-state index contributed by atoms with van der Waals surface area (Å²) >= 11 is 4.45. The molecule has 0 saturated carbocycles. The second kappa shape index (κ2) is 7.31. The Morgan fingerprint density at radius 3 is 2.67 bits per heavy atom. The maximum absolute atomic E-state index is 12.2. The highest BCUT2D eigenvalue weighted by Gasteiger charge is 2.07. The van der Waals surface area contributed by atoms with Crippen LogP contribution in [-0.2, 0) is 13.5 Å². The number of nitrogens with zero attached hydrogens (tertiary/aromatic N) is 3. The standard InChI is InChI=1S/C18H18N4OS/c1-22-17(23)12-15(13-6-9-19-10-7-13)21-18(22)20-11-8-14-4-2-3-5-16(14)24/h2-7,9-10,12,24H,8,11H2,1H3,(H,20,21). The summed E-state index contributed by atoms with van der Waals surface area (Å²) in [6.45, 7) is 0.664. The fourth-order valence-corrected chi connectivity index (χ4v) is 2.67. The van der Waals surface area contributed by atoms with E-state index < -0.39 is 0 Å². The van der Waals surface area contributed by atoms with Crippen LogP contribution in [0.25, 0.3) is 11.3 Å². The summed E-state index contributed by atoms with van der Waals surface area (Å²) in [7, 11) is 1.71. The van der Waals surface area contributed by atoms with Crippen LogP contribution in [0.4, 0.5) is 5.95 Å². The van der Waals surface area contributed by atoms with Gasteiger partial charge in [-0.2, -0.15) is 0 Å². The minimum absolute atomic E-state index is 0.103. The van der Waals surface area contributed by atoms with Crippen molar-refractivity contribution in [3.63, 3.8) is 0 Å². The molecule has 0 aliphatic carbocycles. The maximum Gasteiger partial charge on any atom is 0.255 e. The molecule has 3 rings (SSSR count). The smallest absolute Gasteiger partial charge is 0.255 e. The van der Waals surface area contributed by atoms with Gasteiger partial charge in [-0.15, -0.1) is 12.6 Å². The molecule has 5 nitrogen and oxygen atoms in total. The molecule has 0 radical (unpaired) electrons. The highest BCUT2D eigenvalue weighted by Crippen LogP contribution is 2.16. The third-order valence-electron chi connectivity index (χ3n) is 3.78. The fraction of sp³-hybridized carbons (Fsp3) is 0.167. The van der Waals surface area contributed by atoms with Gasteiger partial charge in [0.25, 0.3) is 5.56 Å². The number of aromatic nitrogens is 3. The third-order valence-corrected chi connectivity index (χ3v) is 4.22. The molecule has 3 aromatic rings. The molecule has 6 heteroatoms. The first kappa shape index (κ1) is 16.3. The van der Waals surface area contributed by atoms with Gasteiger partial charge in [0, 0.05) is 42.5 Å². The molecule has 0 aliphatic rings. The molecule has 0 spiro atoms. The zero-order valence-corrected chi connectivity index (χ0v) is 14.2. The van der Waals surface area contributed by atoms with E-state index in [1.165, 1.54) is 10.6 Å². The molecule has 24 heavy (non-hydrogen) atoms. The summed E-state index contributed by atoms with van der Waals surface area (Å²) in [5.74, 6) is 0.547. The lowest BCUT2D eigenvalue weighted by molar-refractivity contribution is 0.818. The van der Waals surface area contributed by atoms with E-state index >= 15 is 0 Å². The Balaban J connectivity index is 1.79. The van der Waals surface area contributed by atoms with Gasteiger partial charge in [-0.1, -0.05) is 18.2 Å². The third kappa shape index (κ3) is 3.65. The fourth-order valence-electron chi connectivity index (χ4n) is 2.40. The second-order valence-corrected chi connectivity index (χ2v) is 5.89. The van der Waals surface area contributed by atoms with Gasteiger partial charge in [0.15, 0.2) is 0 Å².